The van der Waals surface area contributed by atoms with Crippen molar-refractivity contribution in [1.82, 2.24) is 10.2 Å². The first-order chi connectivity index (χ1) is 20.0. The number of hydrogen-bond donors (Lipinski definition) is 1. The van der Waals surface area contributed by atoms with Gasteiger partial charge < -0.3 is 29.0 Å². The SMILES string of the molecule is COc1ccc(CC2c3cc(OC)c(OC)c(OC)c3CCN2CC(=O)NC2CCCc3ccccc32)cc1OC. The van der Waals surface area contributed by atoms with Crippen LogP contribution in [0.5, 0.6) is 28.7 Å². The van der Waals surface area contributed by atoms with Gasteiger partial charge in [-0.2, -0.15) is 0 Å². The lowest BCUT2D eigenvalue weighted by Gasteiger charge is -2.38. The zero-order valence-electron chi connectivity index (χ0n) is 24.6. The summed E-state index contributed by atoms with van der Waals surface area (Å²) in [5.41, 5.74) is 5.78. The predicted molar refractivity (Wildman–Crippen MR) is 158 cm³/mol. The number of fused-ring (bicyclic) bond motifs is 2. The minimum Gasteiger partial charge on any atom is -0.493 e. The number of rotatable bonds is 10. The van der Waals surface area contributed by atoms with Crippen LogP contribution in [0.1, 0.15) is 52.7 Å². The number of carbonyl (C=O) groups excluding carboxylic acids is 1. The molecule has 0 fully saturated rings. The Morgan fingerprint density at radius 1 is 0.829 bits per heavy atom. The standard InChI is InChI=1S/C33H40N2O6/c1-37-28-14-13-21(18-29(28)38-2)17-27-25-19-30(39-3)33(41-5)32(40-4)24(25)15-16-35(27)20-31(36)34-26-12-8-10-22-9-6-7-11-23(22)26/h6-7,9,11,13-14,18-19,26-27H,8,10,12,15-17,20H2,1-5H3,(H,34,36). The summed E-state index contributed by atoms with van der Waals surface area (Å²) < 4.78 is 28.3. The summed E-state index contributed by atoms with van der Waals surface area (Å²) in [6.07, 6.45) is 4.47. The van der Waals surface area contributed by atoms with Gasteiger partial charge in [-0.3, -0.25) is 9.69 Å². The lowest BCUT2D eigenvalue weighted by atomic mass is 9.87. The quantitative estimate of drug-likeness (QED) is 0.371. The van der Waals surface area contributed by atoms with Crippen molar-refractivity contribution in [3.8, 4) is 28.7 Å². The van der Waals surface area contributed by atoms with Crippen LogP contribution in [0.15, 0.2) is 48.5 Å². The fourth-order valence-electron chi connectivity index (χ4n) is 6.39. The molecule has 0 saturated heterocycles. The number of nitrogens with zero attached hydrogens (tertiary/aromatic N) is 1. The first-order valence-corrected chi connectivity index (χ1v) is 14.1. The van der Waals surface area contributed by atoms with Gasteiger partial charge in [0, 0.05) is 18.2 Å². The molecule has 1 N–H and O–H groups in total. The van der Waals surface area contributed by atoms with E-state index in [4.69, 9.17) is 23.7 Å². The molecule has 0 bridgehead atoms. The molecule has 1 aliphatic carbocycles. The molecule has 1 aliphatic heterocycles. The number of carbonyl (C=O) groups is 1. The molecular weight excluding hydrogens is 520 g/mol. The summed E-state index contributed by atoms with van der Waals surface area (Å²) >= 11 is 0. The van der Waals surface area contributed by atoms with Gasteiger partial charge in [0.15, 0.2) is 23.0 Å². The van der Waals surface area contributed by atoms with Crippen LogP contribution in [-0.2, 0) is 24.1 Å². The van der Waals surface area contributed by atoms with Crippen molar-refractivity contribution in [3.05, 3.63) is 76.3 Å². The van der Waals surface area contributed by atoms with Crippen LogP contribution in [0.4, 0.5) is 0 Å². The minimum absolute atomic E-state index is 0.0277. The molecule has 2 atom stereocenters. The van der Waals surface area contributed by atoms with Crippen molar-refractivity contribution in [2.75, 3.05) is 48.6 Å². The molecule has 3 aromatic rings. The smallest absolute Gasteiger partial charge is 0.234 e. The minimum atomic E-state index is -0.102. The van der Waals surface area contributed by atoms with E-state index in [1.165, 1.54) is 11.1 Å². The molecular formula is C33H40N2O6. The van der Waals surface area contributed by atoms with E-state index in [1.807, 2.05) is 24.3 Å². The van der Waals surface area contributed by atoms with Crippen molar-refractivity contribution >= 4 is 5.91 Å². The molecule has 5 rings (SSSR count). The molecule has 0 spiro atoms. The zero-order valence-corrected chi connectivity index (χ0v) is 24.6. The number of amides is 1. The van der Waals surface area contributed by atoms with E-state index in [2.05, 4.69) is 34.5 Å². The highest BCUT2D eigenvalue weighted by Crippen LogP contribution is 2.47. The highest BCUT2D eigenvalue weighted by atomic mass is 16.5. The Bertz CT molecular complexity index is 1390. The van der Waals surface area contributed by atoms with Crippen LogP contribution in [0.25, 0.3) is 0 Å². The van der Waals surface area contributed by atoms with Crippen molar-refractivity contribution in [2.24, 2.45) is 0 Å². The van der Waals surface area contributed by atoms with Crippen LogP contribution in [0.3, 0.4) is 0 Å². The van der Waals surface area contributed by atoms with Gasteiger partial charge in [0.25, 0.3) is 0 Å². The Morgan fingerprint density at radius 3 is 2.32 bits per heavy atom. The summed E-state index contributed by atoms with van der Waals surface area (Å²) in [6, 6.07) is 16.4. The van der Waals surface area contributed by atoms with Gasteiger partial charge in [0.05, 0.1) is 48.1 Å². The van der Waals surface area contributed by atoms with E-state index >= 15 is 0 Å². The molecule has 0 saturated carbocycles. The Kier molecular flexibility index (Phi) is 8.88. The van der Waals surface area contributed by atoms with E-state index in [0.29, 0.717) is 41.7 Å². The van der Waals surface area contributed by atoms with Gasteiger partial charge >= 0.3 is 0 Å². The molecule has 3 aromatic carbocycles. The molecule has 1 amide bonds. The fourth-order valence-corrected chi connectivity index (χ4v) is 6.39. The van der Waals surface area contributed by atoms with E-state index < -0.39 is 0 Å². The molecule has 41 heavy (non-hydrogen) atoms. The van der Waals surface area contributed by atoms with E-state index in [9.17, 15) is 4.79 Å². The first kappa shape index (κ1) is 28.6. The van der Waals surface area contributed by atoms with Crippen molar-refractivity contribution in [2.45, 2.75) is 44.2 Å². The zero-order chi connectivity index (χ0) is 28.9. The number of nitrogens with one attached hydrogen (secondary N) is 1. The molecule has 8 nitrogen and oxygen atoms in total. The third kappa shape index (κ3) is 5.79. The summed E-state index contributed by atoms with van der Waals surface area (Å²) in [5, 5.41) is 3.34. The molecule has 8 heteroatoms. The number of methoxy groups -OCH3 is 5. The van der Waals surface area contributed by atoms with E-state index in [0.717, 1.165) is 42.4 Å². The van der Waals surface area contributed by atoms with Crippen LogP contribution >= 0.6 is 0 Å². The Morgan fingerprint density at radius 2 is 1.59 bits per heavy atom. The maximum atomic E-state index is 13.6. The molecule has 218 valence electrons. The maximum absolute atomic E-state index is 13.6. The average molecular weight is 561 g/mol. The average Bonchev–Trinajstić information content (AvgIpc) is 3.01. The molecule has 2 aliphatic rings. The third-order valence-corrected chi connectivity index (χ3v) is 8.34. The number of aryl methyl sites for hydroxylation is 1. The normalized spacial score (nSPS) is 18.1. The molecule has 2 unspecified atom stereocenters. The van der Waals surface area contributed by atoms with Crippen LogP contribution in [-0.4, -0.2) is 59.4 Å². The van der Waals surface area contributed by atoms with Gasteiger partial charge in [-0.1, -0.05) is 30.3 Å². The molecule has 0 radical (unpaired) electrons. The Balaban J connectivity index is 1.47. The van der Waals surface area contributed by atoms with Crippen LogP contribution < -0.4 is 29.0 Å². The second-order valence-corrected chi connectivity index (χ2v) is 10.6. The van der Waals surface area contributed by atoms with Gasteiger partial charge in [-0.05, 0) is 72.6 Å². The Labute approximate surface area is 242 Å². The number of hydrogen-bond acceptors (Lipinski definition) is 7. The second kappa shape index (κ2) is 12.7. The van der Waals surface area contributed by atoms with Crippen molar-refractivity contribution < 1.29 is 28.5 Å². The number of ether oxygens (including phenoxy) is 5. The summed E-state index contributed by atoms with van der Waals surface area (Å²) in [7, 11) is 8.17. The lowest BCUT2D eigenvalue weighted by Crippen LogP contribution is -2.44. The second-order valence-electron chi connectivity index (χ2n) is 10.6. The van der Waals surface area contributed by atoms with Crippen LogP contribution in [0.2, 0.25) is 0 Å². The third-order valence-electron chi connectivity index (χ3n) is 8.34. The predicted octanol–water partition coefficient (Wildman–Crippen LogP) is 5.07. The lowest BCUT2D eigenvalue weighted by molar-refractivity contribution is -0.123. The van der Waals surface area contributed by atoms with Gasteiger partial charge in [-0.15, -0.1) is 0 Å². The molecule has 1 heterocycles. The number of benzene rings is 3. The largest absolute Gasteiger partial charge is 0.493 e. The highest BCUT2D eigenvalue weighted by Gasteiger charge is 2.34. The van der Waals surface area contributed by atoms with E-state index in [-0.39, 0.29) is 24.5 Å². The molecule has 0 aromatic heterocycles. The fraction of sp³-hybridized carbons (Fsp3) is 0.424. The monoisotopic (exact) mass is 560 g/mol. The van der Waals surface area contributed by atoms with Crippen molar-refractivity contribution in [1.29, 1.82) is 0 Å². The topological polar surface area (TPSA) is 78.5 Å². The van der Waals surface area contributed by atoms with Crippen molar-refractivity contribution in [3.63, 3.8) is 0 Å². The summed E-state index contributed by atoms with van der Waals surface area (Å²) in [6.45, 7) is 0.984. The van der Waals surface area contributed by atoms with Gasteiger partial charge in [0.1, 0.15) is 0 Å². The highest BCUT2D eigenvalue weighted by molar-refractivity contribution is 5.79. The van der Waals surface area contributed by atoms with Crippen LogP contribution in [0, 0.1) is 0 Å². The van der Waals surface area contributed by atoms with Gasteiger partial charge in [0.2, 0.25) is 11.7 Å². The van der Waals surface area contributed by atoms with E-state index in [1.54, 1.807) is 35.5 Å². The Hall–Kier alpha value is -3.91. The maximum Gasteiger partial charge on any atom is 0.234 e. The summed E-state index contributed by atoms with van der Waals surface area (Å²) in [5.74, 6) is 3.25. The van der Waals surface area contributed by atoms with Gasteiger partial charge in [-0.25, -0.2) is 0 Å². The first-order valence-electron chi connectivity index (χ1n) is 14.1. The summed E-state index contributed by atoms with van der Waals surface area (Å²) in [4.78, 5) is 15.8.